The van der Waals surface area contributed by atoms with Crippen LogP contribution >= 0.6 is 0 Å². The number of nitrogens with one attached hydrogen (secondary N) is 2. The molecule has 0 saturated heterocycles. The summed E-state index contributed by atoms with van der Waals surface area (Å²) in [6.07, 6.45) is 0. The second kappa shape index (κ2) is 5.28. The minimum Gasteiger partial charge on any atom is -0.480 e. The standard InChI is InChI=1S/C9H15N5O3/c1-5(8(15)16)10-9(17)14(3)4-7-11-6(2)12-13-7/h5H,4H2,1-3H3,(H,10,17)(H,15,16)(H,11,12,13). The van der Waals surface area contributed by atoms with Crippen LogP contribution in [0.25, 0.3) is 0 Å². The van der Waals surface area contributed by atoms with E-state index in [0.29, 0.717) is 11.6 Å². The number of carbonyl (C=O) groups is 2. The number of hydrogen-bond donors (Lipinski definition) is 3. The van der Waals surface area contributed by atoms with E-state index in [2.05, 4.69) is 20.5 Å². The maximum absolute atomic E-state index is 11.6. The van der Waals surface area contributed by atoms with Crippen LogP contribution in [-0.2, 0) is 11.3 Å². The number of carbonyl (C=O) groups excluding carboxylic acids is 1. The molecule has 0 spiro atoms. The molecular weight excluding hydrogens is 226 g/mol. The highest BCUT2D eigenvalue weighted by atomic mass is 16.4. The molecule has 1 atom stereocenters. The molecule has 0 aliphatic rings. The number of rotatable bonds is 4. The van der Waals surface area contributed by atoms with Crippen LogP contribution in [-0.4, -0.2) is 50.3 Å². The summed E-state index contributed by atoms with van der Waals surface area (Å²) in [5.41, 5.74) is 0. The highest BCUT2D eigenvalue weighted by Crippen LogP contribution is 1.97. The van der Waals surface area contributed by atoms with E-state index in [1.165, 1.54) is 18.9 Å². The fourth-order valence-electron chi connectivity index (χ4n) is 1.10. The van der Waals surface area contributed by atoms with Crippen molar-refractivity contribution in [2.24, 2.45) is 0 Å². The molecule has 1 unspecified atom stereocenters. The zero-order valence-corrected chi connectivity index (χ0v) is 9.89. The Labute approximate surface area is 98.0 Å². The van der Waals surface area contributed by atoms with Crippen molar-refractivity contribution in [2.75, 3.05) is 7.05 Å². The molecule has 0 aliphatic carbocycles. The third kappa shape index (κ3) is 3.74. The van der Waals surface area contributed by atoms with Crippen LogP contribution < -0.4 is 5.32 Å². The number of aryl methyl sites for hydroxylation is 1. The van der Waals surface area contributed by atoms with Gasteiger partial charge >= 0.3 is 12.0 Å². The van der Waals surface area contributed by atoms with Gasteiger partial charge in [0.25, 0.3) is 0 Å². The van der Waals surface area contributed by atoms with Crippen LogP contribution in [0, 0.1) is 6.92 Å². The summed E-state index contributed by atoms with van der Waals surface area (Å²) in [5, 5.41) is 17.5. The number of hydrogen-bond acceptors (Lipinski definition) is 4. The molecule has 1 aromatic rings. The lowest BCUT2D eigenvalue weighted by Gasteiger charge is -2.18. The molecule has 8 nitrogen and oxygen atoms in total. The van der Waals surface area contributed by atoms with Crippen LogP contribution in [0.3, 0.4) is 0 Å². The van der Waals surface area contributed by atoms with Crippen molar-refractivity contribution in [3.63, 3.8) is 0 Å². The molecule has 0 aromatic carbocycles. The molecule has 0 bridgehead atoms. The Morgan fingerprint density at radius 3 is 2.71 bits per heavy atom. The monoisotopic (exact) mass is 241 g/mol. The van der Waals surface area contributed by atoms with Gasteiger partial charge < -0.3 is 15.3 Å². The van der Waals surface area contributed by atoms with Gasteiger partial charge in [-0.3, -0.25) is 9.89 Å². The Bertz CT molecular complexity index is 417. The smallest absolute Gasteiger partial charge is 0.325 e. The van der Waals surface area contributed by atoms with E-state index >= 15 is 0 Å². The molecule has 2 amide bonds. The second-order valence-electron chi connectivity index (χ2n) is 3.70. The molecule has 0 aliphatic heterocycles. The average molecular weight is 241 g/mol. The number of amides is 2. The largest absolute Gasteiger partial charge is 0.480 e. The topological polar surface area (TPSA) is 111 Å². The first-order chi connectivity index (χ1) is 7.90. The van der Waals surface area contributed by atoms with Gasteiger partial charge in [0.05, 0.1) is 6.54 Å². The van der Waals surface area contributed by atoms with Crippen molar-refractivity contribution in [1.82, 2.24) is 25.4 Å². The first-order valence-electron chi connectivity index (χ1n) is 5.02. The molecule has 0 radical (unpaired) electrons. The van der Waals surface area contributed by atoms with Gasteiger partial charge in [0.15, 0.2) is 5.82 Å². The highest BCUT2D eigenvalue weighted by molar-refractivity contribution is 5.81. The number of nitrogens with zero attached hydrogens (tertiary/aromatic N) is 3. The van der Waals surface area contributed by atoms with Crippen LogP contribution in [0.5, 0.6) is 0 Å². The fraction of sp³-hybridized carbons (Fsp3) is 0.556. The Morgan fingerprint density at radius 2 is 2.24 bits per heavy atom. The number of carboxylic acids is 1. The van der Waals surface area contributed by atoms with Gasteiger partial charge in [-0.25, -0.2) is 9.78 Å². The lowest BCUT2D eigenvalue weighted by molar-refractivity contribution is -0.138. The summed E-state index contributed by atoms with van der Waals surface area (Å²) in [5.74, 6) is 0.0522. The lowest BCUT2D eigenvalue weighted by Crippen LogP contribution is -2.44. The SMILES string of the molecule is Cc1nc(CN(C)C(=O)NC(C)C(=O)O)n[nH]1. The average Bonchev–Trinajstić information content (AvgIpc) is 2.63. The molecule has 1 heterocycles. The van der Waals surface area contributed by atoms with Gasteiger partial charge in [-0.2, -0.15) is 5.10 Å². The summed E-state index contributed by atoms with van der Waals surface area (Å²) in [6.45, 7) is 3.36. The quantitative estimate of drug-likeness (QED) is 0.671. The van der Waals surface area contributed by atoms with Gasteiger partial charge in [-0.1, -0.05) is 0 Å². The minimum atomic E-state index is -1.08. The first kappa shape index (κ1) is 12.9. The number of aliphatic carboxylic acids is 1. The molecule has 3 N–H and O–H groups in total. The van der Waals surface area contributed by atoms with Crippen molar-refractivity contribution in [1.29, 1.82) is 0 Å². The number of aromatic amines is 1. The van der Waals surface area contributed by atoms with Crippen LogP contribution in [0.2, 0.25) is 0 Å². The van der Waals surface area contributed by atoms with Gasteiger partial charge in [-0.05, 0) is 13.8 Å². The Kier molecular flexibility index (Phi) is 4.02. The first-order valence-corrected chi connectivity index (χ1v) is 5.02. The van der Waals surface area contributed by atoms with E-state index < -0.39 is 18.0 Å². The van der Waals surface area contributed by atoms with E-state index in [-0.39, 0.29) is 6.54 Å². The van der Waals surface area contributed by atoms with Gasteiger partial charge in [0.2, 0.25) is 0 Å². The van der Waals surface area contributed by atoms with Gasteiger partial charge in [0.1, 0.15) is 11.9 Å². The summed E-state index contributed by atoms with van der Waals surface area (Å²) in [7, 11) is 1.54. The molecule has 8 heteroatoms. The maximum Gasteiger partial charge on any atom is 0.325 e. The van der Waals surface area contributed by atoms with Crippen molar-refractivity contribution in [3.8, 4) is 0 Å². The molecule has 1 rings (SSSR count). The number of carboxylic acid groups (broad SMARTS) is 1. The molecule has 94 valence electrons. The molecule has 1 aromatic heterocycles. The fourth-order valence-corrected chi connectivity index (χ4v) is 1.10. The third-order valence-corrected chi connectivity index (χ3v) is 2.08. The van der Waals surface area contributed by atoms with Crippen molar-refractivity contribution in [2.45, 2.75) is 26.4 Å². The third-order valence-electron chi connectivity index (χ3n) is 2.08. The van der Waals surface area contributed by atoms with Crippen LogP contribution in [0.1, 0.15) is 18.6 Å². The lowest BCUT2D eigenvalue weighted by atomic mass is 10.3. The van der Waals surface area contributed by atoms with E-state index in [9.17, 15) is 9.59 Å². The zero-order chi connectivity index (χ0) is 13.0. The van der Waals surface area contributed by atoms with Crippen molar-refractivity contribution >= 4 is 12.0 Å². The predicted octanol–water partition coefficient (Wildman–Crippen LogP) is -0.272. The van der Waals surface area contributed by atoms with Gasteiger partial charge in [-0.15, -0.1) is 0 Å². The summed E-state index contributed by atoms with van der Waals surface area (Å²) in [4.78, 5) is 27.5. The zero-order valence-electron chi connectivity index (χ0n) is 9.89. The van der Waals surface area contributed by atoms with Crippen LogP contribution in [0.15, 0.2) is 0 Å². The second-order valence-corrected chi connectivity index (χ2v) is 3.70. The number of urea groups is 1. The normalized spacial score (nSPS) is 11.9. The van der Waals surface area contributed by atoms with E-state index in [1.54, 1.807) is 6.92 Å². The number of aromatic nitrogens is 3. The summed E-state index contributed by atoms with van der Waals surface area (Å²) >= 11 is 0. The van der Waals surface area contributed by atoms with E-state index in [0.717, 1.165) is 0 Å². The summed E-state index contributed by atoms with van der Waals surface area (Å²) in [6, 6.07) is -1.42. The van der Waals surface area contributed by atoms with Gasteiger partial charge in [0, 0.05) is 7.05 Å². The highest BCUT2D eigenvalue weighted by Gasteiger charge is 2.17. The molecular formula is C9H15N5O3. The Morgan fingerprint density at radius 1 is 1.59 bits per heavy atom. The van der Waals surface area contributed by atoms with Crippen LogP contribution in [0.4, 0.5) is 4.79 Å². The summed E-state index contributed by atoms with van der Waals surface area (Å²) < 4.78 is 0. The van der Waals surface area contributed by atoms with Crippen molar-refractivity contribution in [3.05, 3.63) is 11.6 Å². The maximum atomic E-state index is 11.6. The molecule has 0 fully saturated rings. The Hall–Kier alpha value is -2.12. The number of H-pyrrole nitrogens is 1. The minimum absolute atomic E-state index is 0.211. The molecule has 0 saturated carbocycles. The molecule has 17 heavy (non-hydrogen) atoms. The van der Waals surface area contributed by atoms with E-state index in [4.69, 9.17) is 5.11 Å². The Balaban J connectivity index is 2.50. The van der Waals surface area contributed by atoms with Crippen molar-refractivity contribution < 1.29 is 14.7 Å². The van der Waals surface area contributed by atoms with E-state index in [1.807, 2.05) is 0 Å². The predicted molar refractivity (Wildman–Crippen MR) is 58.2 cm³/mol.